The molecule has 2 heterocycles. The maximum Gasteiger partial charge on any atom is 0.272 e. The van der Waals surface area contributed by atoms with Gasteiger partial charge in [-0.2, -0.15) is 0 Å². The van der Waals surface area contributed by atoms with Crippen molar-refractivity contribution in [3.63, 3.8) is 0 Å². The molecule has 16 heavy (non-hydrogen) atoms. The van der Waals surface area contributed by atoms with Crippen LogP contribution in [0.3, 0.4) is 0 Å². The van der Waals surface area contributed by atoms with Crippen LogP contribution in [-0.4, -0.2) is 52.0 Å². The molecule has 4 nitrogen and oxygen atoms in total. The van der Waals surface area contributed by atoms with Crippen molar-refractivity contribution in [2.75, 3.05) is 32.4 Å². The summed E-state index contributed by atoms with van der Waals surface area (Å²) in [6, 6.07) is 0. The lowest BCUT2D eigenvalue weighted by Gasteiger charge is -2.25. The largest absolute Gasteiger partial charge is 0.314 e. The van der Waals surface area contributed by atoms with Gasteiger partial charge in [0.2, 0.25) is 0 Å². The molecule has 2 saturated heterocycles. The molecule has 0 amide bonds. The average molecular weight is 301 g/mol. The molecule has 2 rings (SSSR count). The highest BCUT2D eigenvalue weighted by Gasteiger charge is 2.36. The molecule has 0 bridgehead atoms. The van der Waals surface area contributed by atoms with Crippen molar-refractivity contribution < 1.29 is 17.2 Å². The monoisotopic (exact) mass is 300 g/mol. The Balaban J connectivity index is 0. The second kappa shape index (κ2) is 6.90. The van der Waals surface area contributed by atoms with Gasteiger partial charge in [0.15, 0.2) is 9.84 Å². The number of sulfone groups is 1. The Morgan fingerprint density at radius 2 is 1.50 bits per heavy atom. The summed E-state index contributed by atoms with van der Waals surface area (Å²) in [4.78, 5) is 0. The maximum atomic E-state index is 11.5. The fraction of sp³-hybridized carbons (Fsp3) is 1.00. The Labute approximate surface area is 106 Å². The molecule has 0 saturated carbocycles. The Kier molecular flexibility index (Phi) is 8.06. The Morgan fingerprint density at radius 3 is 1.50 bits per heavy atom. The lowest BCUT2D eigenvalue weighted by Crippen LogP contribution is -2.52. The van der Waals surface area contributed by atoms with Crippen molar-refractivity contribution in [3.8, 4) is 0 Å². The second-order valence-corrected chi connectivity index (χ2v) is 5.90. The summed E-state index contributed by atoms with van der Waals surface area (Å²) in [5.41, 5.74) is 0. The zero-order valence-corrected chi connectivity index (χ0v) is 11.2. The first-order valence-corrected chi connectivity index (χ1v) is 6.25. The fourth-order valence-corrected chi connectivity index (χ4v) is 1.72. The minimum absolute atomic E-state index is 0. The fourth-order valence-electron chi connectivity index (χ4n) is 0.879. The van der Waals surface area contributed by atoms with Gasteiger partial charge in [0.05, 0.1) is 18.3 Å². The lowest BCUT2D eigenvalue weighted by molar-refractivity contribution is -0.0475. The summed E-state index contributed by atoms with van der Waals surface area (Å²) in [6.07, 6.45) is 1.28. The summed E-state index contributed by atoms with van der Waals surface area (Å²) in [6.45, 7) is 1.01. The first-order valence-electron chi connectivity index (χ1n) is 4.29. The molecule has 0 aromatic carbocycles. The van der Waals surface area contributed by atoms with Gasteiger partial charge in [0, 0.05) is 19.3 Å². The minimum Gasteiger partial charge on any atom is -0.314 e. The molecule has 9 heteroatoms. The lowest BCUT2D eigenvalue weighted by atomic mass is 10.2. The minimum atomic E-state index is -2.73. The number of halogens is 4. The van der Waals surface area contributed by atoms with Crippen LogP contribution in [0.1, 0.15) is 0 Å². The van der Waals surface area contributed by atoms with E-state index in [-0.39, 0.29) is 43.2 Å². The predicted molar refractivity (Wildman–Crippen MR) is 63.8 cm³/mol. The van der Waals surface area contributed by atoms with Crippen molar-refractivity contribution in [3.05, 3.63) is 0 Å². The van der Waals surface area contributed by atoms with Crippen LogP contribution < -0.4 is 10.6 Å². The van der Waals surface area contributed by atoms with E-state index in [1.165, 1.54) is 6.26 Å². The van der Waals surface area contributed by atoms with E-state index in [0.717, 1.165) is 0 Å². The molecular formula is C7H16Cl2F2N2O2S. The van der Waals surface area contributed by atoms with Crippen LogP contribution in [0.2, 0.25) is 0 Å². The molecule has 2 N–H and O–H groups in total. The molecule has 0 spiro atoms. The molecule has 2 aliphatic rings. The third-order valence-corrected chi connectivity index (χ3v) is 3.66. The molecule has 0 aromatic heterocycles. The Morgan fingerprint density at radius 1 is 1.12 bits per heavy atom. The van der Waals surface area contributed by atoms with E-state index in [9.17, 15) is 17.2 Å². The molecule has 0 atom stereocenters. The summed E-state index contributed by atoms with van der Waals surface area (Å²) < 4.78 is 44.1. The number of hydrogen-bond donors (Lipinski definition) is 2. The van der Waals surface area contributed by atoms with Crippen molar-refractivity contribution in [2.45, 2.75) is 11.2 Å². The van der Waals surface area contributed by atoms with E-state index in [4.69, 9.17) is 0 Å². The highest BCUT2D eigenvalue weighted by atomic mass is 35.5. The SMILES string of the molecule is CS(=O)(=O)C1CNC1.Cl.Cl.FC1(F)CNC1. The van der Waals surface area contributed by atoms with Gasteiger partial charge in [-0.3, -0.25) is 0 Å². The van der Waals surface area contributed by atoms with E-state index in [0.29, 0.717) is 13.1 Å². The normalized spacial score (nSPS) is 22.2. The highest BCUT2D eigenvalue weighted by molar-refractivity contribution is 7.91. The maximum absolute atomic E-state index is 11.5. The standard InChI is InChI=1S/C4H9NO2S.C3H5F2N.2ClH/c1-8(6,7)4-2-5-3-4;4-3(5)1-6-2-3;;/h4-5H,2-3H2,1H3;6H,1-2H2;2*1H. The van der Waals surface area contributed by atoms with Crippen LogP contribution in [0.25, 0.3) is 0 Å². The quantitative estimate of drug-likeness (QED) is 0.720. The van der Waals surface area contributed by atoms with Gasteiger partial charge in [0.1, 0.15) is 0 Å². The summed E-state index contributed by atoms with van der Waals surface area (Å²) in [7, 11) is -2.73. The third-order valence-electron chi connectivity index (χ3n) is 2.12. The van der Waals surface area contributed by atoms with Crippen LogP contribution in [0.15, 0.2) is 0 Å². The van der Waals surface area contributed by atoms with Crippen LogP contribution in [0, 0.1) is 0 Å². The molecule has 100 valence electrons. The van der Waals surface area contributed by atoms with Crippen LogP contribution in [0.5, 0.6) is 0 Å². The van der Waals surface area contributed by atoms with Crippen molar-refractivity contribution >= 4 is 34.7 Å². The number of alkyl halides is 2. The van der Waals surface area contributed by atoms with E-state index in [1.807, 2.05) is 0 Å². The average Bonchev–Trinajstić information content (AvgIpc) is 1.77. The van der Waals surface area contributed by atoms with Gasteiger partial charge in [-0.25, -0.2) is 17.2 Å². The van der Waals surface area contributed by atoms with Gasteiger partial charge >= 0.3 is 0 Å². The molecule has 2 aliphatic heterocycles. The van der Waals surface area contributed by atoms with Gasteiger partial charge < -0.3 is 10.6 Å². The van der Waals surface area contributed by atoms with Crippen molar-refractivity contribution in [2.24, 2.45) is 0 Å². The summed E-state index contributed by atoms with van der Waals surface area (Å²) >= 11 is 0. The molecule has 0 aromatic rings. The van der Waals surface area contributed by atoms with E-state index >= 15 is 0 Å². The topological polar surface area (TPSA) is 58.2 Å². The molecular weight excluding hydrogens is 285 g/mol. The van der Waals surface area contributed by atoms with Gasteiger partial charge in [-0.05, 0) is 0 Å². The van der Waals surface area contributed by atoms with Gasteiger partial charge in [0.25, 0.3) is 5.92 Å². The van der Waals surface area contributed by atoms with Crippen molar-refractivity contribution in [1.82, 2.24) is 10.6 Å². The van der Waals surface area contributed by atoms with Crippen LogP contribution >= 0.6 is 24.8 Å². The number of nitrogens with one attached hydrogen (secondary N) is 2. The molecule has 0 radical (unpaired) electrons. The summed E-state index contributed by atoms with van der Waals surface area (Å²) in [5.74, 6) is -2.39. The zero-order valence-electron chi connectivity index (χ0n) is 8.70. The smallest absolute Gasteiger partial charge is 0.272 e. The molecule has 2 fully saturated rings. The number of hydrogen-bond acceptors (Lipinski definition) is 4. The van der Waals surface area contributed by atoms with E-state index in [1.54, 1.807) is 0 Å². The van der Waals surface area contributed by atoms with E-state index < -0.39 is 15.8 Å². The van der Waals surface area contributed by atoms with Crippen LogP contribution in [0.4, 0.5) is 8.78 Å². The zero-order chi connectivity index (χ0) is 10.8. The van der Waals surface area contributed by atoms with E-state index in [2.05, 4.69) is 10.6 Å². The van der Waals surface area contributed by atoms with Crippen molar-refractivity contribution in [1.29, 1.82) is 0 Å². The first-order chi connectivity index (χ1) is 6.31. The summed E-state index contributed by atoms with van der Waals surface area (Å²) in [5, 5.41) is 5.23. The van der Waals surface area contributed by atoms with Gasteiger partial charge in [-0.1, -0.05) is 0 Å². The second-order valence-electron chi connectivity index (χ2n) is 3.57. The predicted octanol–water partition coefficient (Wildman–Crippen LogP) is 0.0713. The Hall–Kier alpha value is 0.310. The molecule has 0 unspecified atom stereocenters. The Bertz CT molecular complexity index is 291. The van der Waals surface area contributed by atoms with Gasteiger partial charge in [-0.15, -0.1) is 24.8 Å². The molecule has 0 aliphatic carbocycles. The third kappa shape index (κ3) is 6.15. The van der Waals surface area contributed by atoms with Crippen LogP contribution in [-0.2, 0) is 9.84 Å². The number of rotatable bonds is 1. The highest BCUT2D eigenvalue weighted by Crippen LogP contribution is 2.16. The first kappa shape index (κ1) is 18.7.